The van der Waals surface area contributed by atoms with E-state index >= 15 is 0 Å². The van der Waals surface area contributed by atoms with E-state index in [1.165, 1.54) is 0 Å². The number of aromatic nitrogens is 1. The van der Waals surface area contributed by atoms with E-state index in [4.69, 9.17) is 11.0 Å². The summed E-state index contributed by atoms with van der Waals surface area (Å²) in [5.41, 5.74) is 8.38. The summed E-state index contributed by atoms with van der Waals surface area (Å²) < 4.78 is 1.65. The first-order valence-electron chi connectivity index (χ1n) is 7.18. The van der Waals surface area contributed by atoms with E-state index in [2.05, 4.69) is 0 Å². The van der Waals surface area contributed by atoms with Gasteiger partial charge in [0.25, 0.3) is 5.56 Å². The average molecular weight is 321 g/mol. The normalized spacial score (nSPS) is 10.4. The zero-order valence-electron chi connectivity index (χ0n) is 12.4. The fourth-order valence-electron chi connectivity index (χ4n) is 2.42. The van der Waals surface area contributed by atoms with Crippen molar-refractivity contribution < 1.29 is 0 Å². The van der Waals surface area contributed by atoms with Gasteiger partial charge in [-0.25, -0.2) is 0 Å². The van der Waals surface area contributed by atoms with Crippen molar-refractivity contribution >= 4 is 11.3 Å². The highest BCUT2D eigenvalue weighted by Gasteiger charge is 2.11. The molecule has 0 fully saturated rings. The van der Waals surface area contributed by atoms with Crippen LogP contribution in [-0.4, -0.2) is 4.57 Å². The summed E-state index contributed by atoms with van der Waals surface area (Å²) >= 11 is 1.57. The van der Waals surface area contributed by atoms with Gasteiger partial charge in [0.1, 0.15) is 11.6 Å². The SMILES string of the molecule is N#Cc1ccc(-c2cccs2)n(Cc2ccc(CN)cc2)c1=O. The third-order valence-electron chi connectivity index (χ3n) is 3.67. The maximum absolute atomic E-state index is 12.6. The van der Waals surface area contributed by atoms with E-state index in [1.54, 1.807) is 22.0 Å². The van der Waals surface area contributed by atoms with Gasteiger partial charge in [-0.3, -0.25) is 4.79 Å². The van der Waals surface area contributed by atoms with Crippen LogP contribution >= 0.6 is 11.3 Å². The van der Waals surface area contributed by atoms with Gasteiger partial charge in [0.05, 0.1) is 17.1 Å². The Kier molecular flexibility index (Phi) is 4.38. The van der Waals surface area contributed by atoms with Crippen molar-refractivity contribution in [1.29, 1.82) is 5.26 Å². The summed E-state index contributed by atoms with van der Waals surface area (Å²) in [6.45, 7) is 0.914. The number of hydrogen-bond donors (Lipinski definition) is 1. The van der Waals surface area contributed by atoms with Crippen molar-refractivity contribution in [2.24, 2.45) is 5.73 Å². The molecule has 0 atom stereocenters. The second kappa shape index (κ2) is 6.61. The van der Waals surface area contributed by atoms with Crippen LogP contribution < -0.4 is 11.3 Å². The monoisotopic (exact) mass is 321 g/mol. The van der Waals surface area contributed by atoms with E-state index < -0.39 is 0 Å². The van der Waals surface area contributed by atoms with Crippen molar-refractivity contribution in [3.63, 3.8) is 0 Å². The van der Waals surface area contributed by atoms with Crippen molar-refractivity contribution in [2.45, 2.75) is 13.1 Å². The summed E-state index contributed by atoms with van der Waals surface area (Å²) in [7, 11) is 0. The van der Waals surface area contributed by atoms with Crippen LogP contribution in [0.4, 0.5) is 0 Å². The molecule has 5 heteroatoms. The third kappa shape index (κ3) is 3.09. The molecule has 0 aliphatic rings. The minimum absolute atomic E-state index is 0.156. The highest BCUT2D eigenvalue weighted by Crippen LogP contribution is 2.24. The van der Waals surface area contributed by atoms with Gasteiger partial charge in [-0.1, -0.05) is 30.3 Å². The Balaban J connectivity index is 2.08. The highest BCUT2D eigenvalue weighted by atomic mass is 32.1. The third-order valence-corrected chi connectivity index (χ3v) is 4.56. The summed E-state index contributed by atoms with van der Waals surface area (Å²) in [6.07, 6.45) is 0. The van der Waals surface area contributed by atoms with Crippen LogP contribution in [0.25, 0.3) is 10.6 Å². The molecular formula is C18H15N3OS. The first-order chi connectivity index (χ1) is 11.2. The topological polar surface area (TPSA) is 71.8 Å². The van der Waals surface area contributed by atoms with Crippen molar-refractivity contribution in [1.82, 2.24) is 4.57 Å². The van der Waals surface area contributed by atoms with Crippen LogP contribution in [0.5, 0.6) is 0 Å². The molecule has 0 amide bonds. The lowest BCUT2D eigenvalue weighted by Gasteiger charge is -2.12. The quantitative estimate of drug-likeness (QED) is 0.803. The van der Waals surface area contributed by atoms with Crippen molar-refractivity contribution in [3.05, 3.63) is 81.0 Å². The Hall–Kier alpha value is -2.68. The van der Waals surface area contributed by atoms with Crippen LogP contribution in [0.3, 0.4) is 0 Å². The summed E-state index contributed by atoms with van der Waals surface area (Å²) in [5, 5.41) is 11.1. The number of thiophene rings is 1. The maximum Gasteiger partial charge on any atom is 0.269 e. The van der Waals surface area contributed by atoms with Gasteiger partial charge >= 0.3 is 0 Å². The fourth-order valence-corrected chi connectivity index (χ4v) is 3.18. The molecule has 0 saturated heterocycles. The van der Waals surface area contributed by atoms with E-state index in [1.807, 2.05) is 53.9 Å². The highest BCUT2D eigenvalue weighted by molar-refractivity contribution is 7.13. The maximum atomic E-state index is 12.6. The van der Waals surface area contributed by atoms with E-state index in [0.29, 0.717) is 13.1 Å². The second-order valence-electron chi connectivity index (χ2n) is 5.13. The van der Waals surface area contributed by atoms with Gasteiger partial charge in [-0.2, -0.15) is 5.26 Å². The van der Waals surface area contributed by atoms with Gasteiger partial charge in [0.2, 0.25) is 0 Å². The Morgan fingerprint density at radius 1 is 1.09 bits per heavy atom. The minimum Gasteiger partial charge on any atom is -0.326 e. The molecule has 2 heterocycles. The van der Waals surface area contributed by atoms with E-state index in [9.17, 15) is 4.79 Å². The van der Waals surface area contributed by atoms with E-state index in [-0.39, 0.29) is 11.1 Å². The van der Waals surface area contributed by atoms with Crippen molar-refractivity contribution in [3.8, 4) is 16.6 Å². The Labute approximate surface area is 138 Å². The molecule has 0 aliphatic heterocycles. The number of nitriles is 1. The molecule has 1 aromatic carbocycles. The largest absolute Gasteiger partial charge is 0.326 e. The summed E-state index contributed by atoms with van der Waals surface area (Å²) in [6, 6.07) is 17.2. The van der Waals surface area contributed by atoms with Crippen LogP contribution in [0.15, 0.2) is 58.7 Å². The number of nitrogens with zero attached hydrogens (tertiary/aromatic N) is 2. The van der Waals surface area contributed by atoms with Gasteiger partial charge in [-0.05, 0) is 34.7 Å². The Morgan fingerprint density at radius 2 is 1.83 bits per heavy atom. The first-order valence-corrected chi connectivity index (χ1v) is 8.06. The molecule has 2 aromatic heterocycles. The molecule has 0 spiro atoms. The molecule has 114 valence electrons. The molecule has 0 aliphatic carbocycles. The van der Waals surface area contributed by atoms with Crippen LogP contribution in [0.1, 0.15) is 16.7 Å². The number of hydrogen-bond acceptors (Lipinski definition) is 4. The molecule has 0 bridgehead atoms. The molecule has 0 saturated carbocycles. The average Bonchev–Trinajstić information content (AvgIpc) is 3.11. The Bertz CT molecular complexity index is 903. The number of rotatable bonds is 4. The molecule has 0 radical (unpaired) electrons. The first kappa shape index (κ1) is 15.2. The zero-order valence-corrected chi connectivity index (χ0v) is 13.2. The van der Waals surface area contributed by atoms with Gasteiger partial charge in [-0.15, -0.1) is 11.3 Å². The fraction of sp³-hybridized carbons (Fsp3) is 0.111. The van der Waals surface area contributed by atoms with Crippen molar-refractivity contribution in [2.75, 3.05) is 0 Å². The van der Waals surface area contributed by atoms with Crippen LogP contribution in [0.2, 0.25) is 0 Å². The number of nitrogens with two attached hydrogens (primary N) is 1. The summed E-state index contributed by atoms with van der Waals surface area (Å²) in [5.74, 6) is 0. The summed E-state index contributed by atoms with van der Waals surface area (Å²) in [4.78, 5) is 13.6. The molecular weight excluding hydrogens is 306 g/mol. The molecule has 2 N–H and O–H groups in total. The lowest BCUT2D eigenvalue weighted by atomic mass is 10.1. The van der Waals surface area contributed by atoms with Crippen LogP contribution in [-0.2, 0) is 13.1 Å². The Morgan fingerprint density at radius 3 is 2.43 bits per heavy atom. The molecule has 3 rings (SSSR count). The standard InChI is InChI=1S/C18H15N3OS/c19-10-13-3-5-14(6-4-13)12-21-16(17-2-1-9-23-17)8-7-15(11-20)18(21)22/h1-9H,10,12,19H2. The van der Waals surface area contributed by atoms with Gasteiger partial charge in [0.15, 0.2) is 0 Å². The predicted molar refractivity (Wildman–Crippen MR) is 92.2 cm³/mol. The van der Waals surface area contributed by atoms with E-state index in [0.717, 1.165) is 21.7 Å². The smallest absolute Gasteiger partial charge is 0.269 e. The molecule has 23 heavy (non-hydrogen) atoms. The van der Waals surface area contributed by atoms with Crippen LogP contribution in [0, 0.1) is 11.3 Å². The molecule has 4 nitrogen and oxygen atoms in total. The minimum atomic E-state index is -0.263. The molecule has 3 aromatic rings. The lowest BCUT2D eigenvalue weighted by Crippen LogP contribution is -2.24. The predicted octanol–water partition coefficient (Wildman–Crippen LogP) is 2.96. The lowest BCUT2D eigenvalue weighted by molar-refractivity contribution is 0.766. The van der Waals surface area contributed by atoms with Gasteiger partial charge < -0.3 is 10.3 Å². The number of pyridine rings is 1. The number of benzene rings is 1. The second-order valence-corrected chi connectivity index (χ2v) is 6.08. The zero-order chi connectivity index (χ0) is 16.2. The van der Waals surface area contributed by atoms with Gasteiger partial charge in [0, 0.05) is 6.54 Å². The molecule has 0 unspecified atom stereocenters.